The van der Waals surface area contributed by atoms with Crippen LogP contribution in [-0.4, -0.2) is 48.9 Å². The highest BCUT2D eigenvalue weighted by molar-refractivity contribution is 5.73. The minimum atomic E-state index is -0.511. The number of hydrogen-bond acceptors (Lipinski definition) is 6. The van der Waals surface area contributed by atoms with Crippen molar-refractivity contribution in [3.05, 3.63) is 17.7 Å². The standard InChI is InChI=1S/C17H22N4O3/c1-17(2,3)24-16(22)20-4-5-21-12(9-20)10-23-15-7-13(19)11(8-18)6-14(15)21/h6-7,12H,4-5,9-10,19H2,1-3H3/t12-/m1/s1. The summed E-state index contributed by atoms with van der Waals surface area (Å²) in [6.45, 7) is 7.79. The van der Waals surface area contributed by atoms with E-state index in [1.54, 1.807) is 17.0 Å². The molecule has 128 valence electrons. The van der Waals surface area contributed by atoms with Crippen molar-refractivity contribution >= 4 is 17.5 Å². The minimum Gasteiger partial charge on any atom is -0.489 e. The number of carbonyl (C=O) groups excluding carboxylic acids is 1. The molecule has 7 heteroatoms. The van der Waals surface area contributed by atoms with Gasteiger partial charge in [-0.2, -0.15) is 5.26 Å². The second kappa shape index (κ2) is 5.78. The Labute approximate surface area is 141 Å². The first kappa shape index (κ1) is 16.2. The number of amides is 1. The summed E-state index contributed by atoms with van der Waals surface area (Å²) < 4.78 is 11.2. The third kappa shape index (κ3) is 3.04. The maximum atomic E-state index is 12.3. The van der Waals surface area contributed by atoms with E-state index in [1.807, 2.05) is 20.8 Å². The number of nitrogens with two attached hydrogens (primary N) is 1. The van der Waals surface area contributed by atoms with Crippen LogP contribution in [0, 0.1) is 11.3 Å². The molecule has 0 saturated carbocycles. The van der Waals surface area contributed by atoms with Crippen LogP contribution in [0.5, 0.6) is 5.75 Å². The summed E-state index contributed by atoms with van der Waals surface area (Å²) >= 11 is 0. The van der Waals surface area contributed by atoms with Crippen LogP contribution < -0.4 is 15.4 Å². The van der Waals surface area contributed by atoms with Crippen LogP contribution in [0.3, 0.4) is 0 Å². The maximum Gasteiger partial charge on any atom is 0.410 e. The third-order valence-corrected chi connectivity index (χ3v) is 4.13. The molecular weight excluding hydrogens is 308 g/mol. The average molecular weight is 330 g/mol. The number of fused-ring (bicyclic) bond motifs is 3. The molecule has 0 aliphatic carbocycles. The van der Waals surface area contributed by atoms with Crippen molar-refractivity contribution < 1.29 is 14.3 Å². The van der Waals surface area contributed by atoms with Gasteiger partial charge in [-0.15, -0.1) is 0 Å². The molecule has 1 amide bonds. The quantitative estimate of drug-likeness (QED) is 0.731. The molecule has 0 spiro atoms. The number of ether oxygens (including phenoxy) is 2. The van der Waals surface area contributed by atoms with E-state index in [4.69, 9.17) is 15.2 Å². The Kier molecular flexibility index (Phi) is 3.91. The van der Waals surface area contributed by atoms with Gasteiger partial charge in [0.25, 0.3) is 0 Å². The molecule has 1 fully saturated rings. The van der Waals surface area contributed by atoms with Crippen molar-refractivity contribution in [2.75, 3.05) is 36.9 Å². The van der Waals surface area contributed by atoms with Gasteiger partial charge in [0.2, 0.25) is 0 Å². The van der Waals surface area contributed by atoms with E-state index in [-0.39, 0.29) is 12.1 Å². The average Bonchev–Trinajstić information content (AvgIpc) is 2.51. The Morgan fingerprint density at radius 1 is 1.42 bits per heavy atom. The number of piperazine rings is 1. The lowest BCUT2D eigenvalue weighted by Crippen LogP contribution is -2.59. The minimum absolute atomic E-state index is 0.0361. The number of nitriles is 1. The second-order valence-electron chi connectivity index (χ2n) is 7.10. The number of hydrogen-bond donors (Lipinski definition) is 1. The molecule has 1 aromatic carbocycles. The molecule has 1 atom stereocenters. The molecule has 2 heterocycles. The van der Waals surface area contributed by atoms with Gasteiger partial charge < -0.3 is 25.0 Å². The highest BCUT2D eigenvalue weighted by atomic mass is 16.6. The first-order chi connectivity index (χ1) is 11.3. The van der Waals surface area contributed by atoms with Crippen LogP contribution >= 0.6 is 0 Å². The molecule has 1 aromatic rings. The molecule has 2 aliphatic rings. The van der Waals surface area contributed by atoms with Gasteiger partial charge in [-0.05, 0) is 26.8 Å². The highest BCUT2D eigenvalue weighted by Crippen LogP contribution is 2.38. The van der Waals surface area contributed by atoms with E-state index in [9.17, 15) is 10.1 Å². The fourth-order valence-corrected chi connectivity index (χ4v) is 3.01. The molecule has 2 aliphatic heterocycles. The lowest BCUT2D eigenvalue weighted by Gasteiger charge is -2.45. The van der Waals surface area contributed by atoms with Crippen molar-refractivity contribution in [1.29, 1.82) is 5.26 Å². The van der Waals surface area contributed by atoms with Crippen molar-refractivity contribution in [1.82, 2.24) is 4.90 Å². The Hall–Kier alpha value is -2.62. The molecule has 0 unspecified atom stereocenters. The number of carbonyl (C=O) groups is 1. The van der Waals surface area contributed by atoms with Gasteiger partial charge in [0.05, 0.1) is 23.0 Å². The monoisotopic (exact) mass is 330 g/mol. The zero-order chi connectivity index (χ0) is 17.5. The molecule has 7 nitrogen and oxygen atoms in total. The van der Waals surface area contributed by atoms with E-state index >= 15 is 0 Å². The van der Waals surface area contributed by atoms with Crippen LogP contribution in [-0.2, 0) is 4.74 Å². The van der Waals surface area contributed by atoms with Crippen molar-refractivity contribution in [3.8, 4) is 11.8 Å². The summed E-state index contributed by atoms with van der Waals surface area (Å²) in [6.07, 6.45) is -0.303. The lowest BCUT2D eigenvalue weighted by molar-refractivity contribution is 0.0195. The number of benzene rings is 1. The molecule has 0 radical (unpaired) electrons. The van der Waals surface area contributed by atoms with Gasteiger partial charge in [0, 0.05) is 25.7 Å². The van der Waals surface area contributed by atoms with E-state index in [0.717, 1.165) is 5.69 Å². The molecule has 2 N–H and O–H groups in total. The largest absolute Gasteiger partial charge is 0.489 e. The van der Waals surface area contributed by atoms with E-state index in [1.165, 1.54) is 0 Å². The molecule has 0 bridgehead atoms. The Balaban J connectivity index is 1.78. The molecule has 3 rings (SSSR count). The summed E-state index contributed by atoms with van der Waals surface area (Å²) in [7, 11) is 0. The number of nitrogens with zero attached hydrogens (tertiary/aromatic N) is 3. The van der Waals surface area contributed by atoms with E-state index in [2.05, 4.69) is 11.0 Å². The van der Waals surface area contributed by atoms with Crippen LogP contribution in [0.1, 0.15) is 26.3 Å². The van der Waals surface area contributed by atoms with Crippen molar-refractivity contribution in [3.63, 3.8) is 0 Å². The summed E-state index contributed by atoms with van der Waals surface area (Å²) in [5.74, 6) is 0.688. The Morgan fingerprint density at radius 2 is 2.17 bits per heavy atom. The van der Waals surface area contributed by atoms with Crippen LogP contribution in [0.25, 0.3) is 0 Å². The van der Waals surface area contributed by atoms with E-state index < -0.39 is 5.60 Å². The Bertz CT molecular complexity index is 705. The number of rotatable bonds is 0. The zero-order valence-corrected chi connectivity index (χ0v) is 14.2. The van der Waals surface area contributed by atoms with Crippen molar-refractivity contribution in [2.24, 2.45) is 0 Å². The van der Waals surface area contributed by atoms with Gasteiger partial charge in [0.1, 0.15) is 24.0 Å². The van der Waals surface area contributed by atoms with Gasteiger partial charge in [-0.1, -0.05) is 0 Å². The predicted octanol–water partition coefficient (Wildman–Crippen LogP) is 1.96. The SMILES string of the molecule is CC(C)(C)OC(=O)N1CCN2c3cc(C#N)c(N)cc3OC[C@H]2C1. The number of nitrogen functional groups attached to an aromatic ring is 1. The summed E-state index contributed by atoms with van der Waals surface area (Å²) in [5, 5.41) is 9.18. The normalized spacial score (nSPS) is 19.7. The first-order valence-electron chi connectivity index (χ1n) is 7.99. The van der Waals surface area contributed by atoms with Crippen LogP contribution in [0.2, 0.25) is 0 Å². The topological polar surface area (TPSA) is 91.8 Å². The van der Waals surface area contributed by atoms with Gasteiger partial charge in [-0.3, -0.25) is 0 Å². The van der Waals surface area contributed by atoms with E-state index in [0.29, 0.717) is 43.2 Å². The summed E-state index contributed by atoms with van der Waals surface area (Å²) in [4.78, 5) is 16.2. The molecule has 0 aromatic heterocycles. The molecular formula is C17H22N4O3. The van der Waals surface area contributed by atoms with Crippen LogP contribution in [0.4, 0.5) is 16.2 Å². The molecule has 1 saturated heterocycles. The number of anilines is 2. The van der Waals surface area contributed by atoms with Crippen molar-refractivity contribution in [2.45, 2.75) is 32.4 Å². The third-order valence-electron chi connectivity index (χ3n) is 4.13. The smallest absolute Gasteiger partial charge is 0.410 e. The Morgan fingerprint density at radius 3 is 2.83 bits per heavy atom. The summed E-state index contributed by atoms with van der Waals surface area (Å²) in [5.41, 5.74) is 7.06. The van der Waals surface area contributed by atoms with Gasteiger partial charge in [0.15, 0.2) is 0 Å². The van der Waals surface area contributed by atoms with Gasteiger partial charge in [-0.25, -0.2) is 4.79 Å². The predicted molar refractivity (Wildman–Crippen MR) is 90.0 cm³/mol. The second-order valence-corrected chi connectivity index (χ2v) is 7.10. The maximum absolute atomic E-state index is 12.3. The highest BCUT2D eigenvalue weighted by Gasteiger charge is 2.36. The zero-order valence-electron chi connectivity index (χ0n) is 14.2. The fraction of sp³-hybridized carbons (Fsp3) is 0.529. The molecule has 24 heavy (non-hydrogen) atoms. The summed E-state index contributed by atoms with van der Waals surface area (Å²) in [6, 6.07) is 5.60. The fourth-order valence-electron chi connectivity index (χ4n) is 3.01. The lowest BCUT2D eigenvalue weighted by atomic mass is 10.1. The van der Waals surface area contributed by atoms with Crippen LogP contribution in [0.15, 0.2) is 12.1 Å². The first-order valence-corrected chi connectivity index (χ1v) is 7.99. The van der Waals surface area contributed by atoms with Gasteiger partial charge >= 0.3 is 6.09 Å².